The third kappa shape index (κ3) is 3.37. The van der Waals surface area contributed by atoms with Gasteiger partial charge in [-0.2, -0.15) is 13.2 Å². The number of aliphatic hydroxyl groups is 1. The lowest BCUT2D eigenvalue weighted by Gasteiger charge is -2.24. The first kappa shape index (κ1) is 12.8. The summed E-state index contributed by atoms with van der Waals surface area (Å²) in [4.78, 5) is 3.76. The second-order valence-corrected chi connectivity index (χ2v) is 4.09. The molecule has 0 saturated heterocycles. The van der Waals surface area contributed by atoms with Gasteiger partial charge >= 0.3 is 6.18 Å². The second kappa shape index (κ2) is 4.29. The molecule has 0 unspecified atom stereocenters. The summed E-state index contributed by atoms with van der Waals surface area (Å²) in [6, 6.07) is 1.81. The summed E-state index contributed by atoms with van der Waals surface area (Å²) in [5, 5.41) is 11.7. The van der Waals surface area contributed by atoms with E-state index in [-0.39, 0.29) is 12.4 Å². The Morgan fingerprint density at radius 3 is 2.50 bits per heavy atom. The van der Waals surface area contributed by atoms with Crippen molar-refractivity contribution in [2.75, 3.05) is 11.9 Å². The molecular weight excluding hydrogens is 221 g/mol. The Bertz CT molecular complexity index is 363. The largest absolute Gasteiger partial charge is 0.416 e. The average molecular weight is 234 g/mol. The van der Waals surface area contributed by atoms with Gasteiger partial charge in [-0.05, 0) is 26.0 Å². The van der Waals surface area contributed by atoms with E-state index in [1.54, 1.807) is 13.8 Å². The van der Waals surface area contributed by atoms with Crippen molar-refractivity contribution in [3.63, 3.8) is 0 Å². The summed E-state index contributed by atoms with van der Waals surface area (Å²) in [5.74, 6) is 0.0916. The minimum Gasteiger partial charge on any atom is -0.394 e. The van der Waals surface area contributed by atoms with Crippen molar-refractivity contribution in [2.24, 2.45) is 0 Å². The van der Waals surface area contributed by atoms with E-state index >= 15 is 0 Å². The number of anilines is 1. The Balaban J connectivity index is 2.92. The molecule has 1 heterocycles. The third-order valence-electron chi connectivity index (χ3n) is 1.95. The predicted octanol–water partition coefficient (Wildman–Crippen LogP) is 2.28. The highest BCUT2D eigenvalue weighted by molar-refractivity contribution is 5.40. The van der Waals surface area contributed by atoms with Gasteiger partial charge in [-0.1, -0.05) is 0 Å². The van der Waals surface area contributed by atoms with E-state index in [0.717, 1.165) is 18.3 Å². The fourth-order valence-corrected chi connectivity index (χ4v) is 1.06. The van der Waals surface area contributed by atoms with Crippen molar-refractivity contribution in [1.82, 2.24) is 4.98 Å². The van der Waals surface area contributed by atoms with E-state index in [4.69, 9.17) is 5.11 Å². The van der Waals surface area contributed by atoms with Crippen molar-refractivity contribution in [2.45, 2.75) is 25.6 Å². The zero-order valence-electron chi connectivity index (χ0n) is 8.97. The molecule has 0 atom stereocenters. The molecule has 0 aromatic carbocycles. The minimum atomic E-state index is -4.39. The van der Waals surface area contributed by atoms with Gasteiger partial charge in [0.25, 0.3) is 0 Å². The smallest absolute Gasteiger partial charge is 0.394 e. The van der Waals surface area contributed by atoms with Gasteiger partial charge in [-0.15, -0.1) is 0 Å². The van der Waals surface area contributed by atoms with Crippen LogP contribution < -0.4 is 5.32 Å². The van der Waals surface area contributed by atoms with E-state index in [1.165, 1.54) is 0 Å². The average Bonchev–Trinajstić information content (AvgIpc) is 2.16. The lowest BCUT2D eigenvalue weighted by Crippen LogP contribution is -2.35. The van der Waals surface area contributed by atoms with Crippen LogP contribution in [0.15, 0.2) is 18.3 Å². The summed E-state index contributed by atoms with van der Waals surface area (Å²) in [6.07, 6.45) is -3.30. The first-order valence-corrected chi connectivity index (χ1v) is 4.67. The number of halogens is 3. The SMILES string of the molecule is CC(C)(CO)Nc1cc(C(F)(F)F)ccn1. The lowest BCUT2D eigenvalue weighted by atomic mass is 10.1. The number of aliphatic hydroxyl groups excluding tert-OH is 1. The van der Waals surface area contributed by atoms with Crippen molar-refractivity contribution >= 4 is 5.82 Å². The number of alkyl halides is 3. The number of nitrogens with zero attached hydrogens (tertiary/aromatic N) is 1. The summed E-state index contributed by atoms with van der Waals surface area (Å²) in [7, 11) is 0. The van der Waals surface area contributed by atoms with Gasteiger partial charge in [0.2, 0.25) is 0 Å². The molecular formula is C10H13F3N2O. The molecule has 1 aromatic rings. The Kier molecular flexibility index (Phi) is 3.42. The zero-order valence-corrected chi connectivity index (χ0v) is 8.97. The molecule has 0 aliphatic carbocycles. The molecule has 0 amide bonds. The minimum absolute atomic E-state index is 0.0916. The quantitative estimate of drug-likeness (QED) is 0.843. The number of pyridine rings is 1. The van der Waals surface area contributed by atoms with Crippen LogP contribution in [0, 0.1) is 0 Å². The summed E-state index contributed by atoms with van der Waals surface area (Å²) in [5.41, 5.74) is -1.48. The molecule has 0 saturated carbocycles. The summed E-state index contributed by atoms with van der Waals surface area (Å²) < 4.78 is 37.1. The fourth-order valence-electron chi connectivity index (χ4n) is 1.06. The first-order valence-electron chi connectivity index (χ1n) is 4.67. The molecule has 2 N–H and O–H groups in total. The van der Waals surface area contributed by atoms with Gasteiger partial charge < -0.3 is 10.4 Å². The topological polar surface area (TPSA) is 45.1 Å². The van der Waals surface area contributed by atoms with Gasteiger partial charge in [0.1, 0.15) is 5.82 Å². The van der Waals surface area contributed by atoms with Crippen LogP contribution in [0.25, 0.3) is 0 Å². The number of hydrogen-bond acceptors (Lipinski definition) is 3. The molecule has 3 nitrogen and oxygen atoms in total. The van der Waals surface area contributed by atoms with Crippen molar-refractivity contribution < 1.29 is 18.3 Å². The van der Waals surface area contributed by atoms with Crippen molar-refractivity contribution in [1.29, 1.82) is 0 Å². The van der Waals surface area contributed by atoms with Gasteiger partial charge in [0.15, 0.2) is 0 Å². The van der Waals surface area contributed by atoms with Crippen LogP contribution in [0.1, 0.15) is 19.4 Å². The van der Waals surface area contributed by atoms with Crippen LogP contribution >= 0.6 is 0 Å². The fraction of sp³-hybridized carbons (Fsp3) is 0.500. The number of rotatable bonds is 3. The maximum absolute atomic E-state index is 12.4. The van der Waals surface area contributed by atoms with E-state index in [9.17, 15) is 13.2 Å². The molecule has 16 heavy (non-hydrogen) atoms. The number of hydrogen-bond donors (Lipinski definition) is 2. The van der Waals surface area contributed by atoms with Crippen molar-refractivity contribution in [3.8, 4) is 0 Å². The molecule has 0 spiro atoms. The van der Waals surface area contributed by atoms with Gasteiger partial charge in [-0.25, -0.2) is 4.98 Å². The van der Waals surface area contributed by atoms with E-state index < -0.39 is 17.3 Å². The van der Waals surface area contributed by atoms with E-state index in [1.807, 2.05) is 0 Å². The van der Waals surface area contributed by atoms with Crippen LogP contribution in [0.5, 0.6) is 0 Å². The maximum Gasteiger partial charge on any atom is 0.416 e. The highest BCUT2D eigenvalue weighted by atomic mass is 19.4. The van der Waals surface area contributed by atoms with Crippen LogP contribution in [0.3, 0.4) is 0 Å². The molecule has 0 fully saturated rings. The third-order valence-corrected chi connectivity index (χ3v) is 1.95. The molecule has 0 bridgehead atoms. The Morgan fingerprint density at radius 1 is 1.38 bits per heavy atom. The highest BCUT2D eigenvalue weighted by Gasteiger charge is 2.31. The van der Waals surface area contributed by atoms with Crippen LogP contribution in [-0.4, -0.2) is 22.2 Å². The number of aromatic nitrogens is 1. The van der Waals surface area contributed by atoms with Crippen molar-refractivity contribution in [3.05, 3.63) is 23.9 Å². The highest BCUT2D eigenvalue weighted by Crippen LogP contribution is 2.30. The maximum atomic E-state index is 12.4. The molecule has 90 valence electrons. The zero-order chi connectivity index (χ0) is 12.4. The Labute approximate surface area is 91.3 Å². The molecule has 1 rings (SSSR count). The van der Waals surface area contributed by atoms with Crippen LogP contribution in [-0.2, 0) is 6.18 Å². The molecule has 6 heteroatoms. The van der Waals surface area contributed by atoms with Crippen LogP contribution in [0.4, 0.5) is 19.0 Å². The molecule has 1 aromatic heterocycles. The second-order valence-electron chi connectivity index (χ2n) is 4.09. The molecule has 0 radical (unpaired) electrons. The molecule has 0 aliphatic heterocycles. The first-order chi connectivity index (χ1) is 7.24. The van der Waals surface area contributed by atoms with Gasteiger partial charge in [-0.3, -0.25) is 0 Å². The molecule has 0 aliphatic rings. The number of nitrogens with one attached hydrogen (secondary N) is 1. The summed E-state index contributed by atoms with van der Waals surface area (Å²) in [6.45, 7) is 3.12. The standard InChI is InChI=1S/C10H13F3N2O/c1-9(2,6-16)15-8-5-7(3-4-14-8)10(11,12)13/h3-5,16H,6H2,1-2H3,(H,14,15). The Hall–Kier alpha value is -1.30. The lowest BCUT2D eigenvalue weighted by molar-refractivity contribution is -0.137. The predicted molar refractivity (Wildman–Crippen MR) is 54.0 cm³/mol. The Morgan fingerprint density at radius 2 is 2.00 bits per heavy atom. The van der Waals surface area contributed by atoms with E-state index in [0.29, 0.717) is 0 Å². The summed E-state index contributed by atoms with van der Waals surface area (Å²) >= 11 is 0. The monoisotopic (exact) mass is 234 g/mol. The van der Waals surface area contributed by atoms with Gasteiger partial charge in [0, 0.05) is 6.20 Å². The van der Waals surface area contributed by atoms with E-state index in [2.05, 4.69) is 10.3 Å². The normalized spacial score (nSPS) is 12.6. The van der Waals surface area contributed by atoms with Crippen LogP contribution in [0.2, 0.25) is 0 Å². The van der Waals surface area contributed by atoms with Gasteiger partial charge in [0.05, 0.1) is 17.7 Å².